The van der Waals surface area contributed by atoms with E-state index in [2.05, 4.69) is 9.55 Å². The summed E-state index contributed by atoms with van der Waals surface area (Å²) in [5, 5.41) is 19.7. The van der Waals surface area contributed by atoms with E-state index in [0.29, 0.717) is 0 Å². The number of aromatic nitrogens is 3. The van der Waals surface area contributed by atoms with Crippen LogP contribution in [0.4, 0.5) is 0 Å². The monoisotopic (exact) mass is 521 g/mol. The average Bonchev–Trinajstić information content (AvgIpc) is 3.30. The van der Waals surface area contributed by atoms with Crippen molar-refractivity contribution in [3.05, 3.63) is 128 Å². The van der Waals surface area contributed by atoms with Gasteiger partial charge in [-0.3, -0.25) is 9.55 Å². The average molecular weight is 523 g/mol. The van der Waals surface area contributed by atoms with Crippen LogP contribution in [0.15, 0.2) is 128 Å². The predicted molar refractivity (Wildman–Crippen MR) is 140 cm³/mol. The quantitative estimate of drug-likeness (QED) is 0.249. The Morgan fingerprint density at radius 3 is 1.81 bits per heavy atom. The molecule has 2 aromatic heterocycles. The maximum atomic E-state index is 10.2. The van der Waals surface area contributed by atoms with Gasteiger partial charge in [-0.1, -0.05) is 60.7 Å². The van der Waals surface area contributed by atoms with E-state index in [4.69, 9.17) is 4.98 Å². The third-order valence-corrected chi connectivity index (χ3v) is 5.57. The number of hydrogen-bond acceptors (Lipinski definition) is 4. The molecule has 0 spiro atoms. The van der Waals surface area contributed by atoms with Crippen LogP contribution in [0.3, 0.4) is 0 Å². The normalized spacial score (nSPS) is 10.2. The van der Waals surface area contributed by atoms with Crippen molar-refractivity contribution >= 4 is 11.0 Å². The largest absolute Gasteiger partial charge is 0.507 e. The molecule has 0 fully saturated rings. The minimum Gasteiger partial charge on any atom is -0.507 e. The Morgan fingerprint density at radius 1 is 0.556 bits per heavy atom. The van der Waals surface area contributed by atoms with Gasteiger partial charge in [0.25, 0.3) is 0 Å². The zero-order valence-electron chi connectivity index (χ0n) is 19.6. The first kappa shape index (κ1) is 24.8. The van der Waals surface area contributed by atoms with Crippen molar-refractivity contribution in [3.63, 3.8) is 0 Å². The Morgan fingerprint density at radius 2 is 1.14 bits per heavy atom. The molecule has 5 nitrogen and oxygen atoms in total. The summed E-state index contributed by atoms with van der Waals surface area (Å²) < 4.78 is 2.07. The minimum absolute atomic E-state index is 0. The summed E-state index contributed by atoms with van der Waals surface area (Å²) in [5.41, 5.74) is 5.23. The second-order valence-corrected chi connectivity index (χ2v) is 7.84. The molecule has 0 aliphatic rings. The summed E-state index contributed by atoms with van der Waals surface area (Å²) in [6.45, 7) is 0. The van der Waals surface area contributed by atoms with Gasteiger partial charge in [0.2, 0.25) is 0 Å². The fourth-order valence-electron chi connectivity index (χ4n) is 3.92. The Kier molecular flexibility index (Phi) is 7.89. The van der Waals surface area contributed by atoms with Crippen molar-refractivity contribution in [2.45, 2.75) is 0 Å². The van der Waals surface area contributed by atoms with Crippen LogP contribution in [-0.2, 0) is 19.5 Å². The van der Waals surface area contributed by atoms with Crippen LogP contribution in [0.1, 0.15) is 0 Å². The van der Waals surface area contributed by atoms with Crippen LogP contribution in [0, 0.1) is 0 Å². The molecule has 4 aromatic carbocycles. The van der Waals surface area contributed by atoms with Crippen LogP contribution < -0.4 is 0 Å². The molecule has 0 bridgehead atoms. The number of hydrogen-bond donors (Lipinski definition) is 2. The fraction of sp³-hybridized carbons (Fsp3) is 0. The van der Waals surface area contributed by atoms with Crippen molar-refractivity contribution in [2.24, 2.45) is 0 Å². The van der Waals surface area contributed by atoms with Crippen molar-refractivity contribution in [1.29, 1.82) is 0 Å². The fourth-order valence-corrected chi connectivity index (χ4v) is 3.92. The van der Waals surface area contributed by atoms with E-state index in [1.165, 1.54) is 0 Å². The van der Waals surface area contributed by atoms with E-state index in [1.807, 2.05) is 103 Å². The molecule has 0 radical (unpaired) electrons. The molecule has 2 heterocycles. The van der Waals surface area contributed by atoms with E-state index in [-0.39, 0.29) is 31.0 Å². The molecule has 6 aromatic rings. The molecular formula is C30H23N3O2Zn. The maximum absolute atomic E-state index is 10.2. The van der Waals surface area contributed by atoms with Crippen LogP contribution in [-0.4, -0.2) is 24.7 Å². The van der Waals surface area contributed by atoms with Crippen LogP contribution >= 0.6 is 0 Å². The van der Waals surface area contributed by atoms with Crippen molar-refractivity contribution < 1.29 is 29.7 Å². The number of benzene rings is 4. The topological polar surface area (TPSA) is 71.2 Å². The number of imidazole rings is 1. The third kappa shape index (κ3) is 5.19. The van der Waals surface area contributed by atoms with Gasteiger partial charge < -0.3 is 10.2 Å². The molecule has 0 saturated heterocycles. The Balaban J connectivity index is 0.000000187. The van der Waals surface area contributed by atoms with Gasteiger partial charge in [0.1, 0.15) is 17.3 Å². The standard InChI is InChI=1S/C19H14N2O.C11H9NO.Zn/c22-18-13-7-4-10-15(18)19-20-16-11-5-6-12-17(16)21(19)14-8-2-1-3-9-14;13-11-7-2-1-5-9(11)10-6-3-4-8-12-10;/h1-13,22H;1-8,13H;. The Bertz CT molecular complexity index is 1570. The summed E-state index contributed by atoms with van der Waals surface area (Å²) >= 11 is 0. The molecule has 0 aliphatic heterocycles. The van der Waals surface area contributed by atoms with Gasteiger partial charge in [-0.05, 0) is 60.7 Å². The molecule has 2 N–H and O–H groups in total. The van der Waals surface area contributed by atoms with Crippen molar-refractivity contribution in [3.8, 4) is 39.8 Å². The molecule has 0 aliphatic carbocycles. The van der Waals surface area contributed by atoms with Gasteiger partial charge >= 0.3 is 0 Å². The molecular weight excluding hydrogens is 500 g/mol. The first-order valence-electron chi connectivity index (χ1n) is 11.2. The van der Waals surface area contributed by atoms with Crippen molar-refractivity contribution in [1.82, 2.24) is 14.5 Å². The van der Waals surface area contributed by atoms with E-state index in [9.17, 15) is 10.2 Å². The van der Waals surface area contributed by atoms with Gasteiger partial charge in [0.05, 0.1) is 22.3 Å². The smallest absolute Gasteiger partial charge is 0.149 e. The van der Waals surface area contributed by atoms with E-state index < -0.39 is 0 Å². The van der Waals surface area contributed by atoms with Gasteiger partial charge in [-0.25, -0.2) is 4.98 Å². The number of phenolic OH excluding ortho intramolecular Hbond substituents is 2. The third-order valence-electron chi connectivity index (χ3n) is 5.57. The van der Waals surface area contributed by atoms with E-state index in [1.54, 1.807) is 24.4 Å². The number of pyridine rings is 1. The molecule has 0 amide bonds. The number of rotatable bonds is 3. The summed E-state index contributed by atoms with van der Waals surface area (Å²) in [6, 6.07) is 38.1. The zero-order chi connectivity index (χ0) is 24.0. The van der Waals surface area contributed by atoms with Gasteiger partial charge in [0, 0.05) is 36.9 Å². The summed E-state index contributed by atoms with van der Waals surface area (Å²) in [7, 11) is 0. The maximum Gasteiger partial charge on any atom is 0.149 e. The van der Waals surface area contributed by atoms with Crippen LogP contribution in [0.25, 0.3) is 39.4 Å². The molecule has 6 heteroatoms. The number of para-hydroxylation sites is 5. The van der Waals surface area contributed by atoms with Crippen LogP contribution in [0.2, 0.25) is 0 Å². The predicted octanol–water partition coefficient (Wildman–Crippen LogP) is 6.85. The molecule has 0 saturated carbocycles. The molecule has 172 valence electrons. The Labute approximate surface area is 222 Å². The van der Waals surface area contributed by atoms with Crippen molar-refractivity contribution in [2.75, 3.05) is 0 Å². The minimum atomic E-state index is 0. The summed E-state index contributed by atoms with van der Waals surface area (Å²) in [6.07, 6.45) is 1.71. The van der Waals surface area contributed by atoms with E-state index >= 15 is 0 Å². The van der Waals surface area contributed by atoms with Gasteiger partial charge in [-0.2, -0.15) is 0 Å². The van der Waals surface area contributed by atoms with Crippen LogP contribution in [0.5, 0.6) is 11.5 Å². The summed E-state index contributed by atoms with van der Waals surface area (Å²) in [4.78, 5) is 8.87. The SMILES string of the molecule is Oc1ccccc1-c1ccccn1.Oc1ccccc1-c1nc2ccccc2n1-c1ccccc1.[Zn]. The van der Waals surface area contributed by atoms with E-state index in [0.717, 1.165) is 39.4 Å². The number of fused-ring (bicyclic) bond motifs is 1. The number of nitrogens with zero attached hydrogens (tertiary/aromatic N) is 3. The zero-order valence-corrected chi connectivity index (χ0v) is 22.5. The molecule has 0 unspecified atom stereocenters. The first-order valence-corrected chi connectivity index (χ1v) is 11.2. The molecule has 0 atom stereocenters. The number of phenols is 2. The molecule has 36 heavy (non-hydrogen) atoms. The van der Waals surface area contributed by atoms with Gasteiger partial charge in [-0.15, -0.1) is 0 Å². The first-order chi connectivity index (χ1) is 17.2. The second kappa shape index (κ2) is 11.4. The second-order valence-electron chi connectivity index (χ2n) is 7.84. The number of aromatic hydroxyl groups is 2. The Hall–Kier alpha value is -4.28. The molecule has 6 rings (SSSR count). The summed E-state index contributed by atoms with van der Waals surface area (Å²) in [5.74, 6) is 1.24. The van der Waals surface area contributed by atoms with Gasteiger partial charge in [0.15, 0.2) is 0 Å².